The zero-order chi connectivity index (χ0) is 22.0. The normalized spacial score (nSPS) is 15.1. The quantitative estimate of drug-likeness (QED) is 0.557. The summed E-state index contributed by atoms with van der Waals surface area (Å²) in [6.07, 6.45) is 2.52. The lowest BCUT2D eigenvalue weighted by molar-refractivity contribution is -0.117. The molecule has 1 aliphatic carbocycles. The summed E-state index contributed by atoms with van der Waals surface area (Å²) >= 11 is 7.33. The largest absolute Gasteiger partial charge is 0.378 e. The van der Waals surface area contributed by atoms with E-state index in [0.717, 1.165) is 41.2 Å². The first-order valence-electron chi connectivity index (χ1n) is 10.1. The van der Waals surface area contributed by atoms with Crippen molar-refractivity contribution in [3.05, 3.63) is 69.7 Å². The summed E-state index contributed by atoms with van der Waals surface area (Å²) in [4.78, 5) is 33.1. The number of halogens is 1. The maximum atomic E-state index is 13.0. The van der Waals surface area contributed by atoms with Gasteiger partial charge in [0.1, 0.15) is 0 Å². The Labute approximate surface area is 190 Å². The Morgan fingerprint density at radius 2 is 1.77 bits per heavy atom. The van der Waals surface area contributed by atoms with Crippen LogP contribution in [-0.2, 0) is 11.2 Å². The van der Waals surface area contributed by atoms with E-state index >= 15 is 0 Å². The van der Waals surface area contributed by atoms with Gasteiger partial charge in [0, 0.05) is 40.9 Å². The summed E-state index contributed by atoms with van der Waals surface area (Å²) in [6, 6.07) is 14.4. The van der Waals surface area contributed by atoms with Crippen molar-refractivity contribution in [1.82, 2.24) is 4.98 Å². The molecular weight excluding hydrogens is 432 g/mol. The summed E-state index contributed by atoms with van der Waals surface area (Å²) in [7, 11) is 3.95. The Morgan fingerprint density at radius 1 is 1.06 bits per heavy atom. The molecule has 2 N–H and O–H groups in total. The average molecular weight is 455 g/mol. The highest BCUT2D eigenvalue weighted by atomic mass is 35.5. The van der Waals surface area contributed by atoms with Crippen molar-refractivity contribution in [2.24, 2.45) is 0 Å². The Kier molecular flexibility index (Phi) is 6.25. The van der Waals surface area contributed by atoms with Crippen LogP contribution in [0.25, 0.3) is 0 Å². The first-order valence-corrected chi connectivity index (χ1v) is 11.2. The first kappa shape index (κ1) is 21.3. The fraction of sp³-hybridized carbons (Fsp3) is 0.261. The smallest absolute Gasteiger partial charge is 0.257 e. The van der Waals surface area contributed by atoms with E-state index in [0.29, 0.717) is 15.7 Å². The molecule has 0 fully saturated rings. The van der Waals surface area contributed by atoms with Gasteiger partial charge in [0.15, 0.2) is 5.13 Å². The zero-order valence-electron chi connectivity index (χ0n) is 17.3. The van der Waals surface area contributed by atoms with Gasteiger partial charge in [-0.3, -0.25) is 14.9 Å². The highest BCUT2D eigenvalue weighted by molar-refractivity contribution is 7.16. The molecule has 1 atom stereocenters. The molecule has 1 aliphatic rings. The predicted octanol–water partition coefficient (Wildman–Crippen LogP) is 5.17. The maximum absolute atomic E-state index is 13.0. The van der Waals surface area contributed by atoms with E-state index in [1.165, 1.54) is 11.3 Å². The number of nitrogens with one attached hydrogen (secondary N) is 2. The predicted molar refractivity (Wildman–Crippen MR) is 127 cm³/mol. The van der Waals surface area contributed by atoms with Crippen LogP contribution in [-0.4, -0.2) is 30.9 Å². The van der Waals surface area contributed by atoms with E-state index in [1.54, 1.807) is 24.3 Å². The van der Waals surface area contributed by atoms with Crippen LogP contribution in [0.2, 0.25) is 5.02 Å². The summed E-state index contributed by atoms with van der Waals surface area (Å²) in [6.45, 7) is 0. The second-order valence-electron chi connectivity index (χ2n) is 7.66. The van der Waals surface area contributed by atoms with Gasteiger partial charge in [-0.2, -0.15) is 0 Å². The highest BCUT2D eigenvalue weighted by Crippen LogP contribution is 2.37. The molecule has 0 spiro atoms. The fourth-order valence-corrected chi connectivity index (χ4v) is 4.76. The van der Waals surface area contributed by atoms with Gasteiger partial charge in [-0.15, -0.1) is 11.3 Å². The molecule has 0 saturated carbocycles. The Balaban J connectivity index is 1.47. The topological polar surface area (TPSA) is 74.3 Å². The molecule has 1 heterocycles. The third-order valence-electron chi connectivity index (χ3n) is 5.25. The molecule has 8 heteroatoms. The van der Waals surface area contributed by atoms with Gasteiger partial charge in [-0.1, -0.05) is 11.6 Å². The Morgan fingerprint density at radius 3 is 2.45 bits per heavy atom. The van der Waals surface area contributed by atoms with Gasteiger partial charge in [0.2, 0.25) is 5.91 Å². The molecule has 160 valence electrons. The standard InChI is InChI=1S/C23H23ClN4O2S/c1-28(2)17-12-10-16(11-13-17)25-22(30)18-4-3-5-19-20(18)26-23(31-19)27-21(29)14-6-8-15(24)9-7-14/h6-13,18H,3-5H2,1-2H3,(H,25,30)(H,26,27,29). The Bertz CT molecular complexity index is 1090. The molecule has 4 rings (SSSR count). The van der Waals surface area contributed by atoms with Gasteiger partial charge >= 0.3 is 0 Å². The van der Waals surface area contributed by atoms with Crippen molar-refractivity contribution < 1.29 is 9.59 Å². The number of anilines is 3. The van der Waals surface area contributed by atoms with Gasteiger partial charge in [-0.05, 0) is 67.8 Å². The highest BCUT2D eigenvalue weighted by Gasteiger charge is 2.30. The van der Waals surface area contributed by atoms with Crippen molar-refractivity contribution in [2.75, 3.05) is 29.6 Å². The number of fused-ring (bicyclic) bond motifs is 1. The van der Waals surface area contributed by atoms with Crippen LogP contribution < -0.4 is 15.5 Å². The summed E-state index contributed by atoms with van der Waals surface area (Å²) in [5.74, 6) is -0.640. The van der Waals surface area contributed by atoms with E-state index in [1.807, 2.05) is 43.3 Å². The zero-order valence-corrected chi connectivity index (χ0v) is 18.9. The number of hydrogen-bond acceptors (Lipinski definition) is 5. The molecule has 6 nitrogen and oxygen atoms in total. The van der Waals surface area contributed by atoms with Gasteiger partial charge < -0.3 is 10.2 Å². The number of carbonyl (C=O) groups excluding carboxylic acids is 2. The molecule has 0 bridgehead atoms. The Hall–Kier alpha value is -2.90. The third-order valence-corrected chi connectivity index (χ3v) is 6.55. The number of amides is 2. The number of rotatable bonds is 5. The monoisotopic (exact) mass is 454 g/mol. The van der Waals surface area contributed by atoms with Crippen LogP contribution in [0.15, 0.2) is 48.5 Å². The molecule has 31 heavy (non-hydrogen) atoms. The molecule has 2 amide bonds. The van der Waals surface area contributed by atoms with E-state index in [4.69, 9.17) is 11.6 Å². The van der Waals surface area contributed by atoms with Gasteiger partial charge in [-0.25, -0.2) is 4.98 Å². The molecule has 2 aromatic carbocycles. The summed E-state index contributed by atoms with van der Waals surface area (Å²) in [5.41, 5.74) is 3.10. The number of aryl methyl sites for hydroxylation is 1. The second-order valence-corrected chi connectivity index (χ2v) is 9.18. The number of aromatic nitrogens is 1. The van der Waals surface area contributed by atoms with E-state index < -0.39 is 0 Å². The molecule has 0 aliphatic heterocycles. The molecule has 0 radical (unpaired) electrons. The third kappa shape index (κ3) is 4.89. The molecular formula is C23H23ClN4O2S. The fourth-order valence-electron chi connectivity index (χ4n) is 3.57. The van der Waals surface area contributed by atoms with E-state index in [-0.39, 0.29) is 17.7 Å². The van der Waals surface area contributed by atoms with E-state index in [2.05, 4.69) is 15.6 Å². The van der Waals surface area contributed by atoms with Crippen LogP contribution in [0.5, 0.6) is 0 Å². The lowest BCUT2D eigenvalue weighted by Crippen LogP contribution is -2.24. The number of hydrogen-bond donors (Lipinski definition) is 2. The lowest BCUT2D eigenvalue weighted by atomic mass is 9.90. The number of carbonyl (C=O) groups is 2. The summed E-state index contributed by atoms with van der Waals surface area (Å²) < 4.78 is 0. The van der Waals surface area contributed by atoms with Crippen LogP contribution in [0.4, 0.5) is 16.5 Å². The molecule has 1 aromatic heterocycles. The van der Waals surface area contributed by atoms with Gasteiger partial charge in [0.05, 0.1) is 11.6 Å². The van der Waals surface area contributed by atoms with Crippen molar-refractivity contribution in [3.8, 4) is 0 Å². The maximum Gasteiger partial charge on any atom is 0.257 e. The van der Waals surface area contributed by atoms with Crippen molar-refractivity contribution in [2.45, 2.75) is 25.2 Å². The van der Waals surface area contributed by atoms with Crippen molar-refractivity contribution in [3.63, 3.8) is 0 Å². The van der Waals surface area contributed by atoms with E-state index in [9.17, 15) is 9.59 Å². The number of thiazole rings is 1. The minimum absolute atomic E-state index is 0.0700. The van der Waals surface area contributed by atoms with Crippen molar-refractivity contribution in [1.29, 1.82) is 0 Å². The molecule has 3 aromatic rings. The van der Waals surface area contributed by atoms with Crippen molar-refractivity contribution >= 4 is 51.3 Å². The molecule has 0 saturated heterocycles. The lowest BCUT2D eigenvalue weighted by Gasteiger charge is -2.20. The first-order chi connectivity index (χ1) is 14.9. The molecule has 1 unspecified atom stereocenters. The number of benzene rings is 2. The van der Waals surface area contributed by atoms with Crippen LogP contribution in [0.1, 0.15) is 39.7 Å². The van der Waals surface area contributed by atoms with Crippen LogP contribution >= 0.6 is 22.9 Å². The van der Waals surface area contributed by atoms with Crippen LogP contribution in [0, 0.1) is 0 Å². The second kappa shape index (κ2) is 9.08. The SMILES string of the molecule is CN(C)c1ccc(NC(=O)C2CCCc3sc(NC(=O)c4ccc(Cl)cc4)nc32)cc1. The minimum atomic E-state index is -0.324. The summed E-state index contributed by atoms with van der Waals surface area (Å²) in [5, 5.41) is 6.95. The van der Waals surface area contributed by atoms with Crippen LogP contribution in [0.3, 0.4) is 0 Å². The number of nitrogens with zero attached hydrogens (tertiary/aromatic N) is 2. The van der Waals surface area contributed by atoms with Gasteiger partial charge in [0.25, 0.3) is 5.91 Å². The minimum Gasteiger partial charge on any atom is -0.378 e. The average Bonchev–Trinajstić information content (AvgIpc) is 3.16.